The summed E-state index contributed by atoms with van der Waals surface area (Å²) in [6.45, 7) is 1.92. The first kappa shape index (κ1) is 21.0. The Bertz CT molecular complexity index is 469. The van der Waals surface area contributed by atoms with Crippen molar-refractivity contribution in [2.75, 3.05) is 5.75 Å². The Kier molecular flexibility index (Phi) is 12.7. The summed E-state index contributed by atoms with van der Waals surface area (Å²) < 4.78 is 38.7. The van der Waals surface area contributed by atoms with Crippen LogP contribution in [0.4, 0.5) is 0 Å². The molecule has 0 saturated heterocycles. The third kappa shape index (κ3) is 38.1. The highest BCUT2D eigenvalue weighted by Gasteiger charge is 1.98. The van der Waals surface area contributed by atoms with Crippen LogP contribution in [0.5, 0.6) is 0 Å². The molecule has 1 aromatic rings. The predicted molar refractivity (Wildman–Crippen MR) is 80.0 cm³/mol. The van der Waals surface area contributed by atoms with Crippen molar-refractivity contribution in [2.24, 2.45) is 5.14 Å². The molecule has 5 nitrogen and oxygen atoms in total. The number of hydrogen-bond donors (Lipinski definition) is 1. The Labute approximate surface area is 123 Å². The molecule has 0 amide bonds. The second-order valence-corrected chi connectivity index (χ2v) is 8.66. The molecule has 0 spiro atoms. The van der Waals surface area contributed by atoms with Crippen LogP contribution in [-0.4, -0.2) is 22.6 Å². The number of rotatable bonds is 3. The van der Waals surface area contributed by atoms with E-state index in [0.29, 0.717) is 6.42 Å². The van der Waals surface area contributed by atoms with Crippen molar-refractivity contribution in [1.82, 2.24) is 0 Å². The fourth-order valence-electron chi connectivity index (χ4n) is 0.730. The molecule has 1 aromatic carbocycles. The van der Waals surface area contributed by atoms with Crippen LogP contribution in [0.25, 0.3) is 0 Å². The normalized spacial score (nSPS) is 10.5. The summed E-state index contributed by atoms with van der Waals surface area (Å²) in [6.07, 6.45) is 1.54. The first-order valence-corrected chi connectivity index (χ1v) is 10.1. The summed E-state index contributed by atoms with van der Waals surface area (Å²) in [7, 11) is 1.63. The number of benzene rings is 1. The molecule has 0 aliphatic rings. The molecule has 0 unspecified atom stereocenters. The molecule has 0 fully saturated rings. The average molecular weight is 350 g/mol. The minimum absolute atomic E-state index is 0.115. The van der Waals surface area contributed by atoms with Crippen LogP contribution < -0.4 is 5.14 Å². The maximum atomic E-state index is 10.2. The average Bonchev–Trinajstić information content (AvgIpc) is 2.26. The number of sulfonamides is 1. The minimum Gasteiger partial charge on any atom is -0.229 e. The second kappa shape index (κ2) is 11.5. The molecule has 9 heteroatoms. The number of primary sulfonamides is 1. The molecule has 1 rings (SSSR count). The summed E-state index contributed by atoms with van der Waals surface area (Å²) in [5.41, 5.74) is 0. The van der Waals surface area contributed by atoms with Gasteiger partial charge in [-0.2, -0.15) is 8.42 Å². The molecule has 2 N–H and O–H groups in total. The molecule has 0 atom stereocenters. The third-order valence-electron chi connectivity index (χ3n) is 1.45. The van der Waals surface area contributed by atoms with Crippen LogP contribution in [0.2, 0.25) is 0 Å². The van der Waals surface area contributed by atoms with Crippen LogP contribution in [0, 0.1) is 0 Å². The molecule has 0 heterocycles. The maximum absolute atomic E-state index is 10.2. The van der Waals surface area contributed by atoms with E-state index in [1.807, 2.05) is 43.3 Å². The molecule has 0 aromatic heterocycles. The van der Waals surface area contributed by atoms with Crippen LogP contribution in [0.15, 0.2) is 36.4 Å². The number of nitrogens with two attached hydrogens (primary N) is 1. The largest absolute Gasteiger partial charge is 0.317 e. The van der Waals surface area contributed by atoms with E-state index in [1.165, 1.54) is 0 Å². The Morgan fingerprint density at radius 2 is 1.16 bits per heavy atom. The smallest absolute Gasteiger partial charge is 0.229 e. The van der Waals surface area contributed by atoms with Gasteiger partial charge in [0.2, 0.25) is 10.0 Å². The fraction of sp³-hybridized carbons (Fsp3) is 0.400. The summed E-state index contributed by atoms with van der Waals surface area (Å²) >= 11 is 0. The Morgan fingerprint density at radius 3 is 1.26 bits per heavy atom. The van der Waals surface area contributed by atoms with Crippen molar-refractivity contribution in [3.8, 4) is 0 Å². The molecule has 0 radical (unpaired) electrons. The quantitative estimate of drug-likeness (QED) is 0.847. The Morgan fingerprint density at radius 1 is 0.895 bits per heavy atom. The number of unbranched alkanes of at least 4 members (excludes halogenated alkanes) is 1. The highest BCUT2D eigenvalue weighted by Crippen LogP contribution is 1.98. The number of hydrogen-bond acceptors (Lipinski definition) is 4. The van der Waals surface area contributed by atoms with Crippen molar-refractivity contribution in [3.63, 3.8) is 0 Å². The highest BCUT2D eigenvalue weighted by molar-refractivity contribution is 8.31. The molecule has 19 heavy (non-hydrogen) atoms. The van der Waals surface area contributed by atoms with Crippen molar-refractivity contribution in [2.45, 2.75) is 19.8 Å². The van der Waals surface area contributed by atoms with Gasteiger partial charge in [0.05, 0.1) is 5.75 Å². The molecular weight excluding hydrogens is 333 g/mol. The highest BCUT2D eigenvalue weighted by atomic mass is 36.0. The van der Waals surface area contributed by atoms with Gasteiger partial charge in [0.15, 0.2) is 0 Å². The number of halogens is 2. The van der Waals surface area contributed by atoms with Gasteiger partial charge >= 0.3 is 8.26 Å². The van der Waals surface area contributed by atoms with Gasteiger partial charge in [0.1, 0.15) is 0 Å². The van der Waals surface area contributed by atoms with E-state index in [1.54, 1.807) is 0 Å². The first-order valence-electron chi connectivity index (χ1n) is 5.21. The van der Waals surface area contributed by atoms with Gasteiger partial charge in [-0.15, -0.1) is 0 Å². The molecule has 0 aliphatic carbocycles. The van der Waals surface area contributed by atoms with Crippen LogP contribution in [0.3, 0.4) is 0 Å². The molecular formula is C10H17Cl2NO4S2. The van der Waals surface area contributed by atoms with Gasteiger partial charge in [-0.3, -0.25) is 0 Å². The molecule has 0 saturated carbocycles. The van der Waals surface area contributed by atoms with E-state index in [4.69, 9.17) is 13.6 Å². The SMILES string of the molecule is CCCCS(N)(=O)=O.O=S(=O)(Cl)Cl.c1ccccc1. The van der Waals surface area contributed by atoms with E-state index >= 15 is 0 Å². The second-order valence-electron chi connectivity index (χ2n) is 3.25. The van der Waals surface area contributed by atoms with Gasteiger partial charge in [-0.05, 0) is 6.42 Å². The fourth-order valence-corrected chi connectivity index (χ4v) is 1.42. The van der Waals surface area contributed by atoms with Crippen LogP contribution >= 0.6 is 21.4 Å². The van der Waals surface area contributed by atoms with Gasteiger partial charge in [-0.1, -0.05) is 49.7 Å². The summed E-state index contributed by atoms with van der Waals surface area (Å²) in [6, 6.07) is 12.0. The Hall–Kier alpha value is -0.340. The lowest BCUT2D eigenvalue weighted by molar-refractivity contribution is 0.594. The van der Waals surface area contributed by atoms with Gasteiger partial charge in [-0.25, -0.2) is 13.6 Å². The topological polar surface area (TPSA) is 94.3 Å². The van der Waals surface area contributed by atoms with E-state index in [9.17, 15) is 8.42 Å². The lowest BCUT2D eigenvalue weighted by atomic mass is 10.4. The summed E-state index contributed by atoms with van der Waals surface area (Å²) in [5.74, 6) is 0.115. The summed E-state index contributed by atoms with van der Waals surface area (Å²) in [4.78, 5) is 0. The predicted octanol–water partition coefficient (Wildman–Crippen LogP) is 2.47. The zero-order chi connectivity index (χ0) is 15.4. The van der Waals surface area contributed by atoms with Crippen molar-refractivity contribution < 1.29 is 16.8 Å². The van der Waals surface area contributed by atoms with E-state index in [2.05, 4.69) is 21.4 Å². The van der Waals surface area contributed by atoms with Crippen LogP contribution in [0.1, 0.15) is 19.8 Å². The van der Waals surface area contributed by atoms with Crippen LogP contribution in [-0.2, 0) is 18.3 Å². The Balaban J connectivity index is 0. The molecule has 112 valence electrons. The monoisotopic (exact) mass is 349 g/mol. The van der Waals surface area contributed by atoms with E-state index < -0.39 is 18.3 Å². The molecule has 0 bridgehead atoms. The van der Waals surface area contributed by atoms with Crippen molar-refractivity contribution in [3.05, 3.63) is 36.4 Å². The minimum atomic E-state index is -3.72. The van der Waals surface area contributed by atoms with Gasteiger partial charge < -0.3 is 0 Å². The van der Waals surface area contributed by atoms with Crippen molar-refractivity contribution >= 4 is 39.7 Å². The van der Waals surface area contributed by atoms with Crippen molar-refractivity contribution in [1.29, 1.82) is 0 Å². The maximum Gasteiger partial charge on any atom is 0.317 e. The lowest BCUT2D eigenvalue weighted by Gasteiger charge is -1.91. The zero-order valence-electron chi connectivity index (χ0n) is 10.4. The standard InChI is InChI=1S/C6H6.C4H11NO2S.Cl2O2S/c1-2-4-6-5-3-1;1-2-3-4-8(5,6)7;1-5(2,3)4/h1-6H;2-4H2,1H3,(H2,5,6,7);. The zero-order valence-corrected chi connectivity index (χ0v) is 13.5. The van der Waals surface area contributed by atoms with E-state index in [0.717, 1.165) is 6.42 Å². The third-order valence-corrected chi connectivity index (χ3v) is 2.31. The first-order chi connectivity index (χ1) is 8.56. The molecule has 0 aliphatic heterocycles. The van der Waals surface area contributed by atoms with E-state index in [-0.39, 0.29) is 5.75 Å². The van der Waals surface area contributed by atoms with Gasteiger partial charge in [0.25, 0.3) is 0 Å². The summed E-state index contributed by atoms with van der Waals surface area (Å²) in [5, 5.41) is 4.69. The lowest BCUT2D eigenvalue weighted by Crippen LogP contribution is -2.15. The van der Waals surface area contributed by atoms with Gasteiger partial charge in [0, 0.05) is 21.4 Å².